The Morgan fingerprint density at radius 2 is 1.98 bits per heavy atom. The molecule has 2 aliphatic rings. The number of urea groups is 1. The van der Waals surface area contributed by atoms with Gasteiger partial charge in [-0.2, -0.15) is 0 Å². The molecule has 1 unspecified atom stereocenters. The molecular formula is C30H39N3O7. The SMILES string of the molecule is CCCCN(Cc1ccc(OCCN2C(=O)CCN(C)C2=O)c(OC)c1)C(CC(=O)O)c1ccc2c(c1)CCO2. The smallest absolute Gasteiger partial charge is 0.326 e. The van der Waals surface area contributed by atoms with Crippen LogP contribution in [0, 0.1) is 0 Å². The van der Waals surface area contributed by atoms with Crippen LogP contribution < -0.4 is 14.2 Å². The van der Waals surface area contributed by atoms with Crippen LogP contribution in [0.2, 0.25) is 0 Å². The highest BCUT2D eigenvalue weighted by Gasteiger charge is 2.30. The van der Waals surface area contributed by atoms with E-state index in [1.807, 2.05) is 30.3 Å². The molecule has 1 fully saturated rings. The van der Waals surface area contributed by atoms with Gasteiger partial charge in [-0.25, -0.2) is 4.79 Å². The van der Waals surface area contributed by atoms with Crippen molar-refractivity contribution in [2.45, 2.75) is 51.6 Å². The molecule has 2 heterocycles. The maximum absolute atomic E-state index is 12.3. The van der Waals surface area contributed by atoms with Crippen LogP contribution in [-0.4, -0.2) is 84.7 Å². The third-order valence-electron chi connectivity index (χ3n) is 7.41. The Balaban J connectivity index is 1.49. The molecule has 2 aromatic rings. The van der Waals surface area contributed by atoms with Crippen molar-refractivity contribution >= 4 is 17.9 Å². The number of benzene rings is 2. The zero-order valence-corrected chi connectivity index (χ0v) is 23.6. The monoisotopic (exact) mass is 553 g/mol. The number of carboxylic acids is 1. The number of aliphatic carboxylic acids is 1. The zero-order chi connectivity index (χ0) is 28.6. The molecule has 40 heavy (non-hydrogen) atoms. The second kappa shape index (κ2) is 13.5. The van der Waals surface area contributed by atoms with Crippen LogP contribution in [0.3, 0.4) is 0 Å². The molecule has 1 atom stereocenters. The second-order valence-corrected chi connectivity index (χ2v) is 10.2. The van der Waals surface area contributed by atoms with Crippen molar-refractivity contribution in [2.24, 2.45) is 0 Å². The normalized spacial score (nSPS) is 15.7. The fourth-order valence-electron chi connectivity index (χ4n) is 5.18. The number of methoxy groups -OCH3 is 1. The van der Waals surface area contributed by atoms with E-state index in [4.69, 9.17) is 14.2 Å². The molecule has 1 saturated heterocycles. The van der Waals surface area contributed by atoms with E-state index in [2.05, 4.69) is 17.9 Å². The summed E-state index contributed by atoms with van der Waals surface area (Å²) in [7, 11) is 3.24. The third-order valence-corrected chi connectivity index (χ3v) is 7.41. The predicted octanol–water partition coefficient (Wildman–Crippen LogP) is 4.11. The summed E-state index contributed by atoms with van der Waals surface area (Å²) < 4.78 is 17.2. The lowest BCUT2D eigenvalue weighted by Gasteiger charge is -2.32. The van der Waals surface area contributed by atoms with Crippen LogP contribution in [0.25, 0.3) is 0 Å². The number of hydrogen-bond donors (Lipinski definition) is 1. The van der Waals surface area contributed by atoms with Gasteiger partial charge in [0.1, 0.15) is 12.4 Å². The summed E-state index contributed by atoms with van der Waals surface area (Å²) in [6, 6.07) is 11.0. The van der Waals surface area contributed by atoms with E-state index < -0.39 is 5.97 Å². The third kappa shape index (κ3) is 7.04. The Bertz CT molecular complexity index is 1220. The van der Waals surface area contributed by atoms with Crippen LogP contribution in [0.1, 0.15) is 55.3 Å². The number of rotatable bonds is 14. The predicted molar refractivity (Wildman–Crippen MR) is 149 cm³/mol. The highest BCUT2D eigenvalue weighted by atomic mass is 16.5. The van der Waals surface area contributed by atoms with Crippen LogP contribution in [-0.2, 0) is 22.6 Å². The molecule has 4 rings (SSSR count). The van der Waals surface area contributed by atoms with Crippen molar-refractivity contribution in [3.63, 3.8) is 0 Å². The van der Waals surface area contributed by atoms with Crippen LogP contribution in [0.5, 0.6) is 17.2 Å². The first kappa shape index (κ1) is 29.2. The fourth-order valence-corrected chi connectivity index (χ4v) is 5.18. The average Bonchev–Trinajstić information content (AvgIpc) is 3.42. The molecule has 10 nitrogen and oxygen atoms in total. The summed E-state index contributed by atoms with van der Waals surface area (Å²) in [4.78, 5) is 41.4. The van der Waals surface area contributed by atoms with Crippen molar-refractivity contribution in [2.75, 3.05) is 47.0 Å². The standard InChI is InChI=1S/C30H39N3O7/c1-4-5-12-32(24(19-29(35)36)22-7-9-25-23(18-22)11-15-39-25)20-21-6-8-26(27(17-21)38-3)40-16-14-33-28(34)10-13-31(2)30(33)37/h6-9,17-18,24H,4-5,10-16,19-20H2,1-3H3,(H,35,36). The number of nitrogens with zero attached hydrogens (tertiary/aromatic N) is 3. The summed E-state index contributed by atoms with van der Waals surface area (Å²) >= 11 is 0. The molecular weight excluding hydrogens is 514 g/mol. The van der Waals surface area contributed by atoms with Crippen LogP contribution >= 0.6 is 0 Å². The van der Waals surface area contributed by atoms with Gasteiger partial charge in [0.15, 0.2) is 11.5 Å². The first-order valence-corrected chi connectivity index (χ1v) is 13.9. The van der Waals surface area contributed by atoms with Crippen molar-refractivity contribution in [1.82, 2.24) is 14.7 Å². The van der Waals surface area contributed by atoms with Crippen molar-refractivity contribution in [3.05, 3.63) is 53.1 Å². The lowest BCUT2D eigenvalue weighted by Crippen LogP contribution is -2.51. The Morgan fingerprint density at radius 3 is 2.73 bits per heavy atom. The van der Waals surface area contributed by atoms with Crippen molar-refractivity contribution in [1.29, 1.82) is 0 Å². The molecule has 2 aliphatic heterocycles. The summed E-state index contributed by atoms with van der Waals surface area (Å²) in [6.07, 6.45) is 3.04. The van der Waals surface area contributed by atoms with Gasteiger partial charge in [0.05, 0.1) is 26.7 Å². The van der Waals surface area contributed by atoms with Gasteiger partial charge in [-0.3, -0.25) is 19.4 Å². The lowest BCUT2D eigenvalue weighted by atomic mass is 9.97. The van der Waals surface area contributed by atoms with Gasteiger partial charge in [0, 0.05) is 39.0 Å². The number of ether oxygens (including phenoxy) is 3. The van der Waals surface area contributed by atoms with Gasteiger partial charge in [-0.05, 0) is 47.9 Å². The number of unbranched alkanes of at least 4 members (excludes halogenated alkanes) is 1. The number of fused-ring (bicyclic) bond motifs is 1. The number of hydrogen-bond acceptors (Lipinski definition) is 7. The first-order valence-electron chi connectivity index (χ1n) is 13.9. The number of carbonyl (C=O) groups excluding carboxylic acids is 2. The molecule has 0 aromatic heterocycles. The van der Waals surface area contributed by atoms with Gasteiger partial charge in [0.25, 0.3) is 0 Å². The Kier molecular flexibility index (Phi) is 9.87. The molecule has 1 N–H and O–H groups in total. The largest absolute Gasteiger partial charge is 0.493 e. The molecule has 216 valence electrons. The second-order valence-electron chi connectivity index (χ2n) is 10.2. The Hall–Kier alpha value is -3.79. The topological polar surface area (TPSA) is 109 Å². The minimum Gasteiger partial charge on any atom is -0.493 e. The molecule has 0 spiro atoms. The summed E-state index contributed by atoms with van der Waals surface area (Å²) in [5.41, 5.74) is 3.05. The van der Waals surface area contributed by atoms with E-state index in [1.165, 1.54) is 9.80 Å². The van der Waals surface area contributed by atoms with Crippen molar-refractivity contribution < 1.29 is 33.7 Å². The number of carbonyl (C=O) groups is 3. The summed E-state index contributed by atoms with van der Waals surface area (Å²) in [5.74, 6) is 0.872. The van der Waals surface area contributed by atoms with E-state index in [1.54, 1.807) is 14.2 Å². The molecule has 2 aromatic carbocycles. The van der Waals surface area contributed by atoms with E-state index in [-0.39, 0.29) is 37.6 Å². The van der Waals surface area contributed by atoms with Gasteiger partial charge in [0.2, 0.25) is 5.91 Å². The first-order chi connectivity index (χ1) is 19.3. The average molecular weight is 554 g/mol. The van der Waals surface area contributed by atoms with E-state index in [0.29, 0.717) is 37.6 Å². The van der Waals surface area contributed by atoms with Gasteiger partial charge in [-0.15, -0.1) is 0 Å². The number of amides is 3. The van der Waals surface area contributed by atoms with Crippen molar-refractivity contribution in [3.8, 4) is 17.2 Å². The van der Waals surface area contributed by atoms with Gasteiger partial charge in [-0.1, -0.05) is 31.5 Å². The maximum Gasteiger partial charge on any atom is 0.326 e. The molecule has 0 bridgehead atoms. The molecule has 10 heteroatoms. The van der Waals surface area contributed by atoms with Gasteiger partial charge >= 0.3 is 12.0 Å². The van der Waals surface area contributed by atoms with E-state index in [9.17, 15) is 19.5 Å². The maximum atomic E-state index is 12.3. The minimum absolute atomic E-state index is 0.00911. The molecule has 0 saturated carbocycles. The van der Waals surface area contributed by atoms with Crippen LogP contribution in [0.15, 0.2) is 36.4 Å². The minimum atomic E-state index is -0.846. The van der Waals surface area contributed by atoms with Gasteiger partial charge < -0.3 is 24.2 Å². The lowest BCUT2D eigenvalue weighted by molar-refractivity contribution is -0.138. The quantitative estimate of drug-likeness (QED) is 0.372. The molecule has 3 amide bonds. The summed E-state index contributed by atoms with van der Waals surface area (Å²) in [6.45, 7) is 4.77. The Labute approximate surface area is 235 Å². The fraction of sp³-hybridized carbons (Fsp3) is 0.500. The highest BCUT2D eigenvalue weighted by molar-refractivity contribution is 5.96. The Morgan fingerprint density at radius 1 is 1.15 bits per heavy atom. The van der Waals surface area contributed by atoms with E-state index in [0.717, 1.165) is 48.2 Å². The zero-order valence-electron chi connectivity index (χ0n) is 23.6. The summed E-state index contributed by atoms with van der Waals surface area (Å²) in [5, 5.41) is 9.79. The van der Waals surface area contributed by atoms with E-state index >= 15 is 0 Å². The molecule has 0 aliphatic carbocycles. The van der Waals surface area contributed by atoms with Crippen LogP contribution in [0.4, 0.5) is 4.79 Å². The highest BCUT2D eigenvalue weighted by Crippen LogP contribution is 2.34. The molecule has 0 radical (unpaired) electrons. The number of imide groups is 1. The number of carboxylic acid groups (broad SMARTS) is 1.